The van der Waals surface area contributed by atoms with E-state index < -0.39 is 57.8 Å². The highest BCUT2D eigenvalue weighted by Crippen LogP contribution is 2.59. The Hall–Kier alpha value is -3.58. The fourth-order valence-electron chi connectivity index (χ4n) is 4.40. The van der Waals surface area contributed by atoms with Crippen LogP contribution in [0.25, 0.3) is 0 Å². The zero-order chi connectivity index (χ0) is 28.9. The Balaban J connectivity index is 2.39. The summed E-state index contributed by atoms with van der Waals surface area (Å²) < 4.78 is 171. The largest absolute Gasteiger partial charge is 0.411 e. The molecule has 0 unspecified atom stereocenters. The van der Waals surface area contributed by atoms with Crippen LogP contribution in [-0.2, 0) is 10.8 Å². The van der Waals surface area contributed by atoms with Gasteiger partial charge in [-0.2, -0.15) is 52.7 Å². The first kappa shape index (κ1) is 29.0. The molecule has 0 saturated heterocycles. The molecular weight excluding hydrogens is 544 g/mol. The minimum absolute atomic E-state index is 0.0454. The third-order valence-corrected chi connectivity index (χ3v) is 6.14. The first-order chi connectivity index (χ1) is 17.2. The van der Waals surface area contributed by atoms with Crippen molar-refractivity contribution in [2.24, 2.45) is 0 Å². The van der Waals surface area contributed by atoms with E-state index in [0.717, 1.165) is 24.3 Å². The molecule has 0 bridgehead atoms. The number of hydrogen-bond donors (Lipinski definition) is 2. The summed E-state index contributed by atoms with van der Waals surface area (Å²) in [4.78, 5) is 0. The van der Waals surface area contributed by atoms with Gasteiger partial charge in [-0.25, -0.2) is 0 Å². The fraction of sp³-hybridized carbons (Fsp3) is 0.250. The van der Waals surface area contributed by atoms with E-state index in [-0.39, 0.29) is 35.6 Å². The van der Waals surface area contributed by atoms with Crippen LogP contribution in [0, 0.1) is 0 Å². The Morgan fingerprint density at radius 2 is 0.474 bits per heavy atom. The SMILES string of the molecule is Nc1ccc(C(c2ccc(C(c3ccc(N)cc3)(C(F)(F)F)C(F)(F)F)cc2)(C(F)(F)F)C(F)(F)F)cc1. The summed E-state index contributed by atoms with van der Waals surface area (Å²) in [5, 5.41) is 0. The second-order valence-electron chi connectivity index (χ2n) is 8.31. The van der Waals surface area contributed by atoms with E-state index in [4.69, 9.17) is 11.5 Å². The molecule has 4 N–H and O–H groups in total. The van der Waals surface area contributed by atoms with Crippen molar-refractivity contribution in [1.29, 1.82) is 0 Å². The van der Waals surface area contributed by atoms with Gasteiger partial charge in [0, 0.05) is 11.4 Å². The second kappa shape index (κ2) is 9.02. The van der Waals surface area contributed by atoms with Crippen LogP contribution in [-0.4, -0.2) is 24.7 Å². The average Bonchev–Trinajstić information content (AvgIpc) is 2.74. The lowest BCUT2D eigenvalue weighted by molar-refractivity contribution is -0.291. The molecule has 206 valence electrons. The molecule has 0 radical (unpaired) electrons. The Bertz CT molecular complexity index is 1120. The van der Waals surface area contributed by atoms with Gasteiger partial charge in [-0.1, -0.05) is 48.5 Å². The maximum Gasteiger partial charge on any atom is 0.411 e. The number of rotatable bonds is 4. The zero-order valence-corrected chi connectivity index (χ0v) is 18.6. The molecule has 3 aromatic rings. The predicted molar refractivity (Wildman–Crippen MR) is 114 cm³/mol. The van der Waals surface area contributed by atoms with Crippen LogP contribution in [0.2, 0.25) is 0 Å². The predicted octanol–water partition coefficient (Wildman–Crippen LogP) is 7.67. The van der Waals surface area contributed by atoms with E-state index >= 15 is 0 Å². The van der Waals surface area contributed by atoms with Crippen molar-refractivity contribution in [1.82, 2.24) is 0 Å². The van der Waals surface area contributed by atoms with Crippen LogP contribution in [0.3, 0.4) is 0 Å². The van der Waals surface area contributed by atoms with Crippen molar-refractivity contribution in [3.05, 3.63) is 95.1 Å². The van der Waals surface area contributed by atoms with Crippen molar-refractivity contribution >= 4 is 11.4 Å². The standard InChI is InChI=1S/C24H16F12N2/c25-21(26,27)19(22(28,29)30,15-5-9-17(37)10-6-15)13-1-2-14(4-3-13)20(23(31,32)33,24(34,35)36)16-7-11-18(38)12-8-16/h1-12H,37-38H2. The number of benzene rings is 3. The minimum Gasteiger partial charge on any atom is -0.399 e. The molecule has 0 aliphatic carbocycles. The third kappa shape index (κ3) is 4.29. The van der Waals surface area contributed by atoms with Gasteiger partial charge in [0.25, 0.3) is 0 Å². The molecule has 0 atom stereocenters. The lowest BCUT2D eigenvalue weighted by atomic mass is 9.69. The van der Waals surface area contributed by atoms with Crippen LogP contribution >= 0.6 is 0 Å². The first-order valence-corrected chi connectivity index (χ1v) is 10.3. The van der Waals surface area contributed by atoms with Crippen LogP contribution in [0.4, 0.5) is 64.1 Å². The summed E-state index contributed by atoms with van der Waals surface area (Å²) in [5.74, 6) is 0. The molecule has 0 fully saturated rings. The van der Waals surface area contributed by atoms with Gasteiger partial charge in [0.15, 0.2) is 0 Å². The number of alkyl halides is 12. The highest BCUT2D eigenvalue weighted by molar-refractivity contribution is 5.52. The van der Waals surface area contributed by atoms with Crippen molar-refractivity contribution in [2.45, 2.75) is 35.5 Å². The molecule has 2 nitrogen and oxygen atoms in total. The Morgan fingerprint density at radius 1 is 0.316 bits per heavy atom. The van der Waals surface area contributed by atoms with E-state index in [9.17, 15) is 52.7 Å². The molecule has 3 rings (SSSR count). The smallest absolute Gasteiger partial charge is 0.399 e. The molecule has 14 heteroatoms. The normalized spacial score (nSPS) is 14.0. The highest BCUT2D eigenvalue weighted by Gasteiger charge is 2.74. The first-order valence-electron chi connectivity index (χ1n) is 10.3. The Labute approximate surface area is 206 Å². The lowest BCUT2D eigenvalue weighted by Gasteiger charge is -2.40. The summed E-state index contributed by atoms with van der Waals surface area (Å²) in [6, 6.07) is 4.50. The van der Waals surface area contributed by atoms with Crippen LogP contribution < -0.4 is 11.5 Å². The number of hydrogen-bond acceptors (Lipinski definition) is 2. The van der Waals surface area contributed by atoms with Gasteiger partial charge >= 0.3 is 24.7 Å². The molecule has 0 aliphatic rings. The van der Waals surface area contributed by atoms with Crippen LogP contribution in [0.15, 0.2) is 72.8 Å². The molecule has 38 heavy (non-hydrogen) atoms. The molecule has 0 aromatic heterocycles. The minimum atomic E-state index is -6.12. The van der Waals surface area contributed by atoms with Gasteiger partial charge in [-0.15, -0.1) is 0 Å². The van der Waals surface area contributed by atoms with E-state index in [0.29, 0.717) is 24.3 Å². The highest BCUT2D eigenvalue weighted by atomic mass is 19.4. The Kier molecular flexibility index (Phi) is 6.88. The second-order valence-corrected chi connectivity index (χ2v) is 8.31. The molecule has 0 amide bonds. The number of halogens is 12. The van der Waals surface area contributed by atoms with Gasteiger partial charge in [0.1, 0.15) is 0 Å². The van der Waals surface area contributed by atoms with E-state index in [1.165, 1.54) is 0 Å². The molecule has 0 saturated carbocycles. The number of anilines is 2. The average molecular weight is 560 g/mol. The Morgan fingerprint density at radius 3 is 0.632 bits per heavy atom. The molecular formula is C24H16F12N2. The van der Waals surface area contributed by atoms with E-state index in [1.54, 1.807) is 0 Å². The van der Waals surface area contributed by atoms with Crippen molar-refractivity contribution < 1.29 is 52.7 Å². The van der Waals surface area contributed by atoms with Gasteiger partial charge in [-0.05, 0) is 46.5 Å². The molecule has 0 heterocycles. The van der Waals surface area contributed by atoms with Crippen molar-refractivity contribution in [3.63, 3.8) is 0 Å². The number of nitrogen functional groups attached to an aromatic ring is 2. The maximum absolute atomic E-state index is 14.2. The molecule has 0 aliphatic heterocycles. The quantitative estimate of drug-likeness (QED) is 0.254. The van der Waals surface area contributed by atoms with E-state index in [1.807, 2.05) is 0 Å². The summed E-state index contributed by atoms with van der Waals surface area (Å²) in [7, 11) is 0. The van der Waals surface area contributed by atoms with Gasteiger partial charge in [0.05, 0.1) is 0 Å². The topological polar surface area (TPSA) is 52.0 Å². The molecule has 3 aromatic carbocycles. The number of nitrogens with two attached hydrogens (primary N) is 2. The molecule has 0 spiro atoms. The van der Waals surface area contributed by atoms with Crippen molar-refractivity contribution in [3.8, 4) is 0 Å². The zero-order valence-electron chi connectivity index (χ0n) is 18.6. The van der Waals surface area contributed by atoms with E-state index in [2.05, 4.69) is 0 Å². The summed E-state index contributed by atoms with van der Waals surface area (Å²) in [6.45, 7) is 0. The van der Waals surface area contributed by atoms with Crippen molar-refractivity contribution in [2.75, 3.05) is 11.5 Å². The maximum atomic E-state index is 14.2. The third-order valence-electron chi connectivity index (χ3n) is 6.14. The van der Waals surface area contributed by atoms with Crippen LogP contribution in [0.5, 0.6) is 0 Å². The summed E-state index contributed by atoms with van der Waals surface area (Å²) >= 11 is 0. The van der Waals surface area contributed by atoms with Gasteiger partial charge < -0.3 is 11.5 Å². The van der Waals surface area contributed by atoms with Gasteiger partial charge in [0.2, 0.25) is 10.8 Å². The fourth-order valence-corrected chi connectivity index (χ4v) is 4.40. The van der Waals surface area contributed by atoms with Crippen LogP contribution in [0.1, 0.15) is 22.3 Å². The monoisotopic (exact) mass is 560 g/mol. The summed E-state index contributed by atoms with van der Waals surface area (Å²) in [5.41, 5.74) is -5.35. The lowest BCUT2D eigenvalue weighted by Crippen LogP contribution is -2.55. The summed E-state index contributed by atoms with van der Waals surface area (Å²) in [6.07, 6.45) is -24.5. The van der Waals surface area contributed by atoms with Gasteiger partial charge in [-0.3, -0.25) is 0 Å².